The second kappa shape index (κ2) is 5.36. The van der Waals surface area contributed by atoms with E-state index in [4.69, 9.17) is 4.98 Å². The SMILES string of the molecule is O=C1c2cccnc2CC2c3c(ccc4ncc5ccccc5c34)CCN12. The van der Waals surface area contributed by atoms with Gasteiger partial charge in [-0.25, -0.2) is 0 Å². The summed E-state index contributed by atoms with van der Waals surface area (Å²) in [4.78, 5) is 24.4. The summed E-state index contributed by atoms with van der Waals surface area (Å²) in [5.74, 6) is 0.102. The van der Waals surface area contributed by atoms with Gasteiger partial charge in [-0.05, 0) is 41.1 Å². The number of pyridine rings is 2. The van der Waals surface area contributed by atoms with Crippen LogP contribution in [0.15, 0.2) is 60.9 Å². The number of carbonyl (C=O) groups excluding carboxylic acids is 1. The van der Waals surface area contributed by atoms with Gasteiger partial charge in [-0.15, -0.1) is 0 Å². The van der Waals surface area contributed by atoms with E-state index >= 15 is 0 Å². The fourth-order valence-electron chi connectivity index (χ4n) is 4.76. The van der Waals surface area contributed by atoms with Crippen molar-refractivity contribution in [2.45, 2.75) is 18.9 Å². The van der Waals surface area contributed by atoms with Gasteiger partial charge in [0, 0.05) is 36.1 Å². The Morgan fingerprint density at radius 2 is 1.93 bits per heavy atom. The number of hydrogen-bond donors (Lipinski definition) is 0. The predicted molar refractivity (Wildman–Crippen MR) is 105 cm³/mol. The highest BCUT2D eigenvalue weighted by molar-refractivity contribution is 6.08. The highest BCUT2D eigenvalue weighted by atomic mass is 16.2. The molecule has 6 rings (SSSR count). The Morgan fingerprint density at radius 3 is 2.89 bits per heavy atom. The van der Waals surface area contributed by atoms with E-state index in [2.05, 4.69) is 35.3 Å². The first-order valence-corrected chi connectivity index (χ1v) is 9.35. The van der Waals surface area contributed by atoms with E-state index in [1.54, 1.807) is 6.20 Å². The lowest BCUT2D eigenvalue weighted by atomic mass is 9.82. The zero-order valence-corrected chi connectivity index (χ0v) is 14.7. The maximum Gasteiger partial charge on any atom is 0.256 e. The molecule has 4 aromatic rings. The summed E-state index contributed by atoms with van der Waals surface area (Å²) < 4.78 is 0. The van der Waals surface area contributed by atoms with E-state index in [1.165, 1.54) is 21.9 Å². The molecule has 4 heterocycles. The molecule has 27 heavy (non-hydrogen) atoms. The predicted octanol–water partition coefficient (Wildman–Crippen LogP) is 4.08. The molecule has 1 atom stereocenters. The van der Waals surface area contributed by atoms with Gasteiger partial charge in [0.15, 0.2) is 0 Å². The molecule has 1 unspecified atom stereocenters. The van der Waals surface area contributed by atoms with Crippen molar-refractivity contribution in [3.8, 4) is 0 Å². The third-order valence-electron chi connectivity index (χ3n) is 5.99. The van der Waals surface area contributed by atoms with Crippen molar-refractivity contribution in [3.05, 3.63) is 83.3 Å². The zero-order chi connectivity index (χ0) is 18.0. The Morgan fingerprint density at radius 1 is 1.00 bits per heavy atom. The summed E-state index contributed by atoms with van der Waals surface area (Å²) in [6, 6.07) is 16.5. The summed E-state index contributed by atoms with van der Waals surface area (Å²) in [6.45, 7) is 0.758. The van der Waals surface area contributed by atoms with Gasteiger partial charge in [-0.3, -0.25) is 14.8 Å². The molecule has 4 nitrogen and oxygen atoms in total. The first-order valence-electron chi connectivity index (χ1n) is 9.35. The molecule has 2 aliphatic heterocycles. The minimum atomic E-state index is 0.0277. The zero-order valence-electron chi connectivity index (χ0n) is 14.7. The van der Waals surface area contributed by atoms with Crippen molar-refractivity contribution < 1.29 is 4.79 Å². The van der Waals surface area contributed by atoms with Gasteiger partial charge < -0.3 is 4.90 Å². The van der Waals surface area contributed by atoms with Crippen molar-refractivity contribution in [1.82, 2.24) is 14.9 Å². The molecule has 0 N–H and O–H groups in total. The van der Waals surface area contributed by atoms with Gasteiger partial charge in [0.05, 0.1) is 22.8 Å². The maximum atomic E-state index is 13.1. The summed E-state index contributed by atoms with van der Waals surface area (Å²) in [6.07, 6.45) is 5.36. The van der Waals surface area contributed by atoms with Crippen LogP contribution in [-0.4, -0.2) is 27.3 Å². The Balaban J connectivity index is 1.68. The van der Waals surface area contributed by atoms with Crippen molar-refractivity contribution in [2.75, 3.05) is 6.54 Å². The van der Waals surface area contributed by atoms with Gasteiger partial charge in [0.2, 0.25) is 0 Å². The Labute approximate surface area is 156 Å². The summed E-state index contributed by atoms with van der Waals surface area (Å²) in [5.41, 5.74) is 5.23. The van der Waals surface area contributed by atoms with Crippen LogP contribution in [0.2, 0.25) is 0 Å². The number of rotatable bonds is 0. The van der Waals surface area contributed by atoms with Crippen molar-refractivity contribution in [3.63, 3.8) is 0 Å². The Kier molecular flexibility index (Phi) is 2.95. The van der Waals surface area contributed by atoms with Gasteiger partial charge in [-0.2, -0.15) is 0 Å². The molecule has 2 aromatic carbocycles. The standard InChI is InChI=1S/C23H17N3O/c27-23-17-6-3-10-24-19(17)12-20-21-14(9-11-26(20)23)7-8-18-22(21)16-5-2-1-4-15(16)13-25-18/h1-8,10,13,20H,9,11-12H2. The number of fused-ring (bicyclic) bond motifs is 8. The lowest BCUT2D eigenvalue weighted by molar-refractivity contribution is 0.0631. The van der Waals surface area contributed by atoms with E-state index < -0.39 is 0 Å². The second-order valence-electron chi connectivity index (χ2n) is 7.34. The number of aromatic nitrogens is 2. The van der Waals surface area contributed by atoms with E-state index in [-0.39, 0.29) is 11.9 Å². The molecule has 0 saturated heterocycles. The van der Waals surface area contributed by atoms with E-state index in [9.17, 15) is 4.79 Å². The summed E-state index contributed by atoms with van der Waals surface area (Å²) in [5, 5.41) is 3.53. The number of carbonyl (C=O) groups is 1. The fraction of sp³-hybridized carbons (Fsp3) is 0.174. The normalized spacial score (nSPS) is 18.3. The van der Waals surface area contributed by atoms with Gasteiger partial charge in [0.25, 0.3) is 5.91 Å². The van der Waals surface area contributed by atoms with E-state index in [0.29, 0.717) is 0 Å². The Bertz CT molecular complexity index is 1250. The van der Waals surface area contributed by atoms with Gasteiger partial charge >= 0.3 is 0 Å². The van der Waals surface area contributed by atoms with Crippen LogP contribution in [-0.2, 0) is 12.8 Å². The average Bonchev–Trinajstić information content (AvgIpc) is 2.73. The number of hydrogen-bond acceptors (Lipinski definition) is 3. The van der Waals surface area contributed by atoms with Gasteiger partial charge in [0.1, 0.15) is 0 Å². The third kappa shape index (κ3) is 2.01. The molecule has 2 aromatic heterocycles. The first-order chi connectivity index (χ1) is 13.3. The monoisotopic (exact) mass is 351 g/mol. The quantitative estimate of drug-likeness (QED) is 0.449. The van der Waals surface area contributed by atoms with Crippen LogP contribution in [0.5, 0.6) is 0 Å². The smallest absolute Gasteiger partial charge is 0.256 e. The highest BCUT2D eigenvalue weighted by Crippen LogP contribution is 2.42. The van der Waals surface area contributed by atoms with Crippen LogP contribution in [0.25, 0.3) is 21.7 Å². The van der Waals surface area contributed by atoms with E-state index in [0.717, 1.165) is 41.5 Å². The minimum absolute atomic E-state index is 0.0277. The molecule has 4 heteroatoms. The second-order valence-corrected chi connectivity index (χ2v) is 7.34. The lowest BCUT2D eigenvalue weighted by Gasteiger charge is -2.41. The van der Waals surface area contributed by atoms with Crippen LogP contribution < -0.4 is 0 Å². The molecular weight excluding hydrogens is 334 g/mol. The lowest BCUT2D eigenvalue weighted by Crippen LogP contribution is -2.44. The molecule has 0 fully saturated rings. The molecule has 0 aliphatic carbocycles. The van der Waals surface area contributed by atoms with Gasteiger partial charge in [-0.1, -0.05) is 30.3 Å². The Hall–Kier alpha value is -3.27. The van der Waals surface area contributed by atoms with Crippen LogP contribution in [0, 0.1) is 0 Å². The average molecular weight is 351 g/mol. The summed E-state index contributed by atoms with van der Waals surface area (Å²) in [7, 11) is 0. The molecule has 2 aliphatic rings. The van der Waals surface area contributed by atoms with Crippen LogP contribution in [0.3, 0.4) is 0 Å². The largest absolute Gasteiger partial charge is 0.331 e. The molecule has 0 saturated carbocycles. The summed E-state index contributed by atoms with van der Waals surface area (Å²) >= 11 is 0. The van der Waals surface area contributed by atoms with Crippen molar-refractivity contribution >= 4 is 27.6 Å². The molecule has 0 spiro atoms. The number of amides is 1. The fourth-order valence-corrected chi connectivity index (χ4v) is 4.76. The third-order valence-corrected chi connectivity index (χ3v) is 5.99. The molecule has 130 valence electrons. The van der Waals surface area contributed by atoms with Crippen LogP contribution in [0.4, 0.5) is 0 Å². The minimum Gasteiger partial charge on any atom is -0.331 e. The van der Waals surface area contributed by atoms with Crippen LogP contribution >= 0.6 is 0 Å². The number of nitrogens with zero attached hydrogens (tertiary/aromatic N) is 3. The maximum absolute atomic E-state index is 13.1. The highest BCUT2D eigenvalue weighted by Gasteiger charge is 2.38. The molecule has 0 bridgehead atoms. The topological polar surface area (TPSA) is 46.1 Å². The van der Waals surface area contributed by atoms with Crippen molar-refractivity contribution in [2.24, 2.45) is 0 Å². The first kappa shape index (κ1) is 14.9. The van der Waals surface area contributed by atoms with E-state index in [1.807, 2.05) is 29.3 Å². The molecule has 1 amide bonds. The number of benzene rings is 2. The molecular formula is C23H17N3O. The van der Waals surface area contributed by atoms with Crippen molar-refractivity contribution in [1.29, 1.82) is 0 Å². The molecule has 0 radical (unpaired) electrons. The van der Waals surface area contributed by atoms with Crippen LogP contribution in [0.1, 0.15) is 33.2 Å².